The fourth-order valence-electron chi connectivity index (χ4n) is 7.49. The lowest BCUT2D eigenvalue weighted by Gasteiger charge is -2.25. The first-order chi connectivity index (χ1) is 33.9. The van der Waals surface area contributed by atoms with E-state index in [9.17, 15) is 19.6 Å². The van der Waals surface area contributed by atoms with E-state index < -0.39 is 0 Å². The van der Waals surface area contributed by atoms with Gasteiger partial charge in [0.15, 0.2) is 5.69 Å². The van der Waals surface area contributed by atoms with Crippen molar-refractivity contribution in [3.63, 3.8) is 0 Å². The molecule has 3 N–H and O–H groups in total. The number of nitrogens with one attached hydrogen (secondary N) is 1. The second-order valence-electron chi connectivity index (χ2n) is 16.4. The van der Waals surface area contributed by atoms with Crippen molar-refractivity contribution in [1.29, 1.82) is 5.26 Å². The smallest absolute Gasteiger partial charge is 0.426 e. The van der Waals surface area contributed by atoms with Crippen LogP contribution in [0.15, 0.2) is 104 Å². The zero-order valence-corrected chi connectivity index (χ0v) is 43.0. The molecule has 0 aliphatic carbocycles. The molecule has 0 unspecified atom stereocenters. The molecule has 1 aliphatic heterocycles. The molecule has 17 nitrogen and oxygen atoms in total. The third-order valence-corrected chi connectivity index (χ3v) is 11.4. The number of pyridine rings is 4. The number of ether oxygens (including phenoxy) is 2. The second kappa shape index (κ2) is 24.5. The number of hydrogen-bond acceptors (Lipinski definition) is 15. The van der Waals surface area contributed by atoms with Crippen molar-refractivity contribution >= 4 is 100 Å². The SMILES string of the molecule is CB1OB(C)OB(C)O1.COC(=O)c1ccc2ncc(C)cc2c1.COC(=O)c1ccc2ncc(I)cc2c1.Cc1cnc2ccc(Cn3cc(C(=O)NCc4c(C)cc(N)nc4C)c(C#N)n3)cc2c1. The molecule has 6 heterocycles. The molecule has 360 valence electrons. The Morgan fingerprint density at radius 2 is 1.24 bits per heavy atom. The van der Waals surface area contributed by atoms with Crippen molar-refractivity contribution in [2.24, 2.45) is 0 Å². The standard InChI is InChI=1S/C24H23N7O.C12H11NO2.C11H8INO2.C3H9B3O3/c1-14-6-18-8-17(4-5-21(18)27-10-14)12-31-13-20(22(9-25)30-31)24(32)28-11-19-15(2)7-23(26)29-16(19)3;1-8-5-10-6-9(12(14)15-2)3-4-11(10)13-7-8;1-15-11(14)7-2-3-10-8(4-7)5-9(12)6-13-10;1-4-7-5(2)9-6(3)8-4/h4-8,10,13H,11-12H2,1-3H3,(H2,26,29)(H,28,32);3-7H,1-2H3;2-6H,1H3;1-3H3. The van der Waals surface area contributed by atoms with E-state index >= 15 is 0 Å². The van der Waals surface area contributed by atoms with Gasteiger partial charge in [-0.1, -0.05) is 6.07 Å². The minimum absolute atomic E-state index is 0.0877. The Labute approximate surface area is 426 Å². The summed E-state index contributed by atoms with van der Waals surface area (Å²) in [4.78, 5) is 52.6. The van der Waals surface area contributed by atoms with Gasteiger partial charge >= 0.3 is 33.3 Å². The van der Waals surface area contributed by atoms with Gasteiger partial charge in [-0.15, -0.1) is 0 Å². The molecule has 1 fully saturated rings. The van der Waals surface area contributed by atoms with Crippen molar-refractivity contribution in [3.05, 3.63) is 163 Å². The van der Waals surface area contributed by atoms with E-state index in [0.29, 0.717) is 23.5 Å². The minimum atomic E-state index is -0.359. The van der Waals surface area contributed by atoms with E-state index in [1.165, 1.54) is 14.2 Å². The molecule has 0 atom stereocenters. The van der Waals surface area contributed by atoms with Crippen molar-refractivity contribution in [2.75, 3.05) is 20.0 Å². The van der Waals surface area contributed by atoms with Gasteiger partial charge in [0.25, 0.3) is 5.91 Å². The van der Waals surface area contributed by atoms with Gasteiger partial charge in [0.05, 0.1) is 54.0 Å². The van der Waals surface area contributed by atoms with Gasteiger partial charge in [0.2, 0.25) is 0 Å². The van der Waals surface area contributed by atoms with E-state index in [2.05, 4.69) is 68.5 Å². The van der Waals surface area contributed by atoms with Gasteiger partial charge in [0.1, 0.15) is 11.9 Å². The Bertz CT molecular complexity index is 3140. The molecule has 9 rings (SSSR count). The van der Waals surface area contributed by atoms with Gasteiger partial charge < -0.3 is 34.2 Å². The Kier molecular flexibility index (Phi) is 18.4. The average Bonchev–Trinajstić information content (AvgIpc) is 3.75. The van der Waals surface area contributed by atoms with Crippen molar-refractivity contribution in [3.8, 4) is 6.07 Å². The summed E-state index contributed by atoms with van der Waals surface area (Å²) in [5.41, 5.74) is 15.7. The maximum Gasteiger partial charge on any atom is 0.426 e. The highest BCUT2D eigenvalue weighted by Gasteiger charge is 2.31. The molecule has 0 radical (unpaired) electrons. The van der Waals surface area contributed by atoms with Crippen LogP contribution in [0.5, 0.6) is 0 Å². The number of carbonyl (C=O) groups excluding carboxylic acids is 3. The van der Waals surface area contributed by atoms with Crippen LogP contribution in [0.2, 0.25) is 20.5 Å². The van der Waals surface area contributed by atoms with Gasteiger partial charge in [-0.25, -0.2) is 14.6 Å². The maximum absolute atomic E-state index is 12.8. The summed E-state index contributed by atoms with van der Waals surface area (Å²) in [6.07, 6.45) is 7.04. The van der Waals surface area contributed by atoms with Gasteiger partial charge in [0, 0.05) is 56.8 Å². The van der Waals surface area contributed by atoms with Crippen LogP contribution >= 0.6 is 22.6 Å². The summed E-state index contributed by atoms with van der Waals surface area (Å²) >= 11 is 2.19. The van der Waals surface area contributed by atoms with Crippen LogP contribution < -0.4 is 11.1 Å². The third kappa shape index (κ3) is 14.6. The molecule has 0 spiro atoms. The van der Waals surface area contributed by atoms with Crippen LogP contribution in [0.25, 0.3) is 32.7 Å². The molecule has 3 aromatic carbocycles. The highest BCUT2D eigenvalue weighted by atomic mass is 127. The summed E-state index contributed by atoms with van der Waals surface area (Å²) < 4.78 is 27.3. The number of aryl methyl sites for hydroxylation is 4. The minimum Gasteiger partial charge on any atom is -0.465 e. The Hall–Kier alpha value is -7.25. The van der Waals surface area contributed by atoms with E-state index in [4.69, 9.17) is 19.4 Å². The number of anilines is 1. The first-order valence-electron chi connectivity index (χ1n) is 22.3. The van der Waals surface area contributed by atoms with Crippen LogP contribution in [0, 0.1) is 42.6 Å². The number of nitrogen functional groups attached to an aromatic ring is 1. The van der Waals surface area contributed by atoms with Crippen molar-refractivity contribution in [1.82, 2.24) is 35.0 Å². The van der Waals surface area contributed by atoms with E-state index in [1.807, 2.05) is 103 Å². The number of halogens is 1. The van der Waals surface area contributed by atoms with Crippen LogP contribution in [-0.4, -0.2) is 83.1 Å². The zero-order chi connectivity index (χ0) is 51.4. The molecule has 1 aliphatic rings. The fourth-order valence-corrected chi connectivity index (χ4v) is 7.96. The van der Waals surface area contributed by atoms with Gasteiger partial charge in [-0.3, -0.25) is 24.4 Å². The quantitative estimate of drug-likeness (QED) is 0.0866. The van der Waals surface area contributed by atoms with Crippen molar-refractivity contribution in [2.45, 2.75) is 61.3 Å². The van der Waals surface area contributed by atoms with Crippen LogP contribution in [0.1, 0.15) is 70.3 Å². The predicted octanol–water partition coefficient (Wildman–Crippen LogP) is 8.54. The van der Waals surface area contributed by atoms with Gasteiger partial charge in [-0.2, -0.15) is 10.4 Å². The molecule has 1 amide bonds. The fraction of sp³-hybridized carbons (Fsp3) is 0.220. The number of methoxy groups -OCH3 is 2. The number of carbonyl (C=O) groups is 3. The zero-order valence-electron chi connectivity index (χ0n) is 40.8. The van der Waals surface area contributed by atoms with Crippen LogP contribution in [0.4, 0.5) is 5.82 Å². The van der Waals surface area contributed by atoms with Crippen LogP contribution in [0.3, 0.4) is 0 Å². The Balaban J connectivity index is 0.000000175. The van der Waals surface area contributed by atoms with E-state index in [1.54, 1.807) is 53.6 Å². The summed E-state index contributed by atoms with van der Waals surface area (Å²) in [6.45, 7) is 14.0. The Morgan fingerprint density at radius 1 is 0.732 bits per heavy atom. The molecule has 8 aromatic rings. The maximum atomic E-state index is 12.8. The predicted molar refractivity (Wildman–Crippen MR) is 284 cm³/mol. The molecular formula is C50H51B3IN9O8. The molecular weight excluding hydrogens is 1010 g/mol. The molecule has 0 saturated carbocycles. The largest absolute Gasteiger partial charge is 0.465 e. The molecule has 5 aromatic heterocycles. The number of nitriles is 1. The lowest BCUT2D eigenvalue weighted by molar-refractivity contribution is 0.0592. The molecule has 21 heteroatoms. The monoisotopic (exact) mass is 1070 g/mol. The highest BCUT2D eigenvalue weighted by Crippen LogP contribution is 2.20. The lowest BCUT2D eigenvalue weighted by Crippen LogP contribution is -2.44. The topological polar surface area (TPSA) is 229 Å². The number of amides is 1. The number of nitrogens with two attached hydrogens (primary N) is 1. The number of rotatable bonds is 7. The lowest BCUT2D eigenvalue weighted by atomic mass is 9.74. The summed E-state index contributed by atoms with van der Waals surface area (Å²) in [5.74, 6) is -0.557. The number of fused-ring (bicyclic) bond motifs is 3. The van der Waals surface area contributed by atoms with Gasteiger partial charge in [-0.05, 0) is 171 Å². The number of aromatic nitrogens is 6. The average molecular weight is 1070 g/mol. The molecule has 1 saturated heterocycles. The first-order valence-corrected chi connectivity index (χ1v) is 23.4. The molecule has 71 heavy (non-hydrogen) atoms. The number of benzene rings is 3. The number of esters is 2. The summed E-state index contributed by atoms with van der Waals surface area (Å²) in [7, 11) is 2.34. The summed E-state index contributed by atoms with van der Waals surface area (Å²) in [6, 6.07) is 26.5. The first kappa shape index (κ1) is 53.1. The van der Waals surface area contributed by atoms with E-state index in [0.717, 1.165) is 69.8 Å². The number of hydrogen-bond donors (Lipinski definition) is 2. The van der Waals surface area contributed by atoms with E-state index in [-0.39, 0.29) is 57.0 Å². The highest BCUT2D eigenvalue weighted by molar-refractivity contribution is 14.1. The second-order valence-corrected chi connectivity index (χ2v) is 17.7. The third-order valence-electron chi connectivity index (χ3n) is 10.8. The summed E-state index contributed by atoms with van der Waals surface area (Å²) in [5, 5.41) is 19.6. The normalized spacial score (nSPS) is 11.9. The number of nitrogens with zero attached hydrogens (tertiary/aromatic N) is 7. The van der Waals surface area contributed by atoms with Crippen molar-refractivity contribution < 1.29 is 37.6 Å². The molecule has 0 bridgehead atoms. The van der Waals surface area contributed by atoms with Crippen LogP contribution in [-0.2, 0) is 36.3 Å². The Morgan fingerprint density at radius 3 is 1.76 bits per heavy atom.